The Morgan fingerprint density at radius 3 is 2.72 bits per heavy atom. The number of amides is 1. The number of benzene rings is 1. The lowest BCUT2D eigenvalue weighted by Crippen LogP contribution is -2.59. The first-order valence-corrected chi connectivity index (χ1v) is 12.6. The smallest absolute Gasteiger partial charge is 0.244 e. The van der Waals surface area contributed by atoms with Gasteiger partial charge >= 0.3 is 0 Å². The quantitative estimate of drug-likeness (QED) is 0.622. The minimum atomic E-state index is -0.101. The molecule has 1 aromatic heterocycles. The molecule has 0 saturated carbocycles. The number of ether oxygens (including phenoxy) is 1. The summed E-state index contributed by atoms with van der Waals surface area (Å²) in [5.41, 5.74) is 3.98. The van der Waals surface area contributed by atoms with E-state index in [2.05, 4.69) is 46.5 Å². The molecule has 0 radical (unpaired) electrons. The van der Waals surface area contributed by atoms with E-state index in [9.17, 15) is 4.79 Å². The van der Waals surface area contributed by atoms with Crippen LogP contribution >= 0.6 is 23.4 Å². The highest BCUT2D eigenvalue weighted by Gasteiger charge is 2.40. The lowest BCUT2D eigenvalue weighted by molar-refractivity contribution is -0.117. The van der Waals surface area contributed by atoms with Gasteiger partial charge in [0.15, 0.2) is 0 Å². The van der Waals surface area contributed by atoms with Crippen LogP contribution in [-0.2, 0) is 16.1 Å². The first-order chi connectivity index (χ1) is 15.5. The highest BCUT2D eigenvalue weighted by molar-refractivity contribution is 7.99. The number of hydrogen-bond acceptors (Lipinski definition) is 5. The molecule has 1 aromatic carbocycles. The molecule has 0 spiro atoms. The average Bonchev–Trinajstić information content (AvgIpc) is 3.39. The van der Waals surface area contributed by atoms with Gasteiger partial charge in [0.25, 0.3) is 0 Å². The minimum absolute atomic E-state index is 0.0322. The Kier molecular flexibility index (Phi) is 7.61. The Morgan fingerprint density at radius 1 is 1.28 bits per heavy atom. The van der Waals surface area contributed by atoms with Crippen LogP contribution in [0.5, 0.6) is 0 Å². The van der Waals surface area contributed by atoms with Gasteiger partial charge in [-0.1, -0.05) is 41.4 Å². The van der Waals surface area contributed by atoms with Crippen molar-refractivity contribution >= 4 is 35.3 Å². The number of aryl methyl sites for hydroxylation is 2. The van der Waals surface area contributed by atoms with Gasteiger partial charge in [0, 0.05) is 42.6 Å². The van der Waals surface area contributed by atoms with E-state index in [-0.39, 0.29) is 11.4 Å². The van der Waals surface area contributed by atoms with Crippen molar-refractivity contribution in [3.05, 3.63) is 57.9 Å². The van der Waals surface area contributed by atoms with Crippen molar-refractivity contribution in [1.82, 2.24) is 20.0 Å². The molecule has 6 nitrogen and oxygen atoms in total. The molecule has 1 N–H and O–H groups in total. The minimum Gasteiger partial charge on any atom is -0.379 e. The van der Waals surface area contributed by atoms with E-state index in [1.807, 2.05) is 18.7 Å². The Hall–Kier alpha value is -1.80. The van der Waals surface area contributed by atoms with Crippen molar-refractivity contribution < 1.29 is 9.53 Å². The number of morpholine rings is 1. The largest absolute Gasteiger partial charge is 0.379 e. The van der Waals surface area contributed by atoms with Crippen LogP contribution < -0.4 is 5.32 Å². The van der Waals surface area contributed by atoms with E-state index >= 15 is 0 Å². The van der Waals surface area contributed by atoms with Crippen LogP contribution in [0.25, 0.3) is 6.08 Å². The SMILES string of the molecule is Cc1ccc(Cn2nc(C)c(C=CC(=O)NCC3(N4CCOCC4)CCSC3)c2Cl)cc1. The van der Waals surface area contributed by atoms with Crippen LogP contribution in [0.3, 0.4) is 0 Å². The van der Waals surface area contributed by atoms with E-state index in [4.69, 9.17) is 16.3 Å². The molecule has 1 atom stereocenters. The van der Waals surface area contributed by atoms with E-state index in [0.717, 1.165) is 61.1 Å². The van der Waals surface area contributed by atoms with Gasteiger partial charge in [-0.2, -0.15) is 16.9 Å². The second kappa shape index (κ2) is 10.4. The van der Waals surface area contributed by atoms with E-state index in [1.54, 1.807) is 16.8 Å². The van der Waals surface area contributed by atoms with Crippen LogP contribution in [0.1, 0.15) is 28.8 Å². The second-order valence-electron chi connectivity index (χ2n) is 8.61. The molecule has 0 bridgehead atoms. The van der Waals surface area contributed by atoms with Gasteiger partial charge in [0.05, 0.1) is 25.5 Å². The van der Waals surface area contributed by atoms with Gasteiger partial charge in [-0.05, 0) is 37.7 Å². The third-order valence-electron chi connectivity index (χ3n) is 6.32. The Labute approximate surface area is 199 Å². The van der Waals surface area contributed by atoms with Gasteiger partial charge in [-0.15, -0.1) is 0 Å². The fraction of sp³-hybridized carbons (Fsp3) is 0.500. The molecular formula is C24H31ClN4O2S. The maximum absolute atomic E-state index is 12.6. The fourth-order valence-electron chi connectivity index (χ4n) is 4.33. The number of hydrogen-bond donors (Lipinski definition) is 1. The van der Waals surface area contributed by atoms with Crippen molar-refractivity contribution in [2.45, 2.75) is 32.4 Å². The third-order valence-corrected chi connectivity index (χ3v) is 7.95. The third kappa shape index (κ3) is 5.39. The van der Waals surface area contributed by atoms with Crippen molar-refractivity contribution in [3.8, 4) is 0 Å². The number of rotatable bonds is 7. The molecule has 1 unspecified atom stereocenters. The molecule has 0 aliphatic carbocycles. The summed E-state index contributed by atoms with van der Waals surface area (Å²) in [6.45, 7) is 8.63. The van der Waals surface area contributed by atoms with Crippen LogP contribution in [-0.4, -0.2) is 70.5 Å². The van der Waals surface area contributed by atoms with Gasteiger partial charge in [-0.25, -0.2) is 4.68 Å². The van der Waals surface area contributed by atoms with Crippen LogP contribution in [0.15, 0.2) is 30.3 Å². The van der Waals surface area contributed by atoms with Crippen LogP contribution in [0.4, 0.5) is 0 Å². The molecule has 2 saturated heterocycles. The number of aromatic nitrogens is 2. The maximum atomic E-state index is 12.6. The Balaban J connectivity index is 1.38. The van der Waals surface area contributed by atoms with Crippen molar-refractivity contribution in [2.24, 2.45) is 0 Å². The zero-order valence-corrected chi connectivity index (χ0v) is 20.3. The Bertz CT molecular complexity index is 961. The lowest BCUT2D eigenvalue weighted by Gasteiger charge is -2.42. The topological polar surface area (TPSA) is 59.4 Å². The molecule has 2 aliphatic heterocycles. The zero-order chi connectivity index (χ0) is 22.6. The first kappa shape index (κ1) is 23.4. The monoisotopic (exact) mass is 474 g/mol. The summed E-state index contributed by atoms with van der Waals surface area (Å²) in [6, 6.07) is 8.32. The fourth-order valence-corrected chi connectivity index (χ4v) is 6.11. The molecule has 4 rings (SSSR count). The lowest BCUT2D eigenvalue weighted by atomic mass is 9.95. The van der Waals surface area contributed by atoms with Crippen molar-refractivity contribution in [1.29, 1.82) is 0 Å². The maximum Gasteiger partial charge on any atom is 0.244 e. The molecule has 3 heterocycles. The molecule has 2 aromatic rings. The van der Waals surface area contributed by atoms with E-state index in [0.29, 0.717) is 18.2 Å². The number of nitrogens with one attached hydrogen (secondary N) is 1. The number of carbonyl (C=O) groups excluding carboxylic acids is 1. The zero-order valence-electron chi connectivity index (χ0n) is 18.8. The summed E-state index contributed by atoms with van der Waals surface area (Å²) in [4.78, 5) is 15.1. The summed E-state index contributed by atoms with van der Waals surface area (Å²) in [5.74, 6) is 2.09. The van der Waals surface area contributed by atoms with Gasteiger partial charge in [0.2, 0.25) is 5.91 Å². The molecule has 8 heteroatoms. The molecule has 2 aliphatic rings. The number of thioether (sulfide) groups is 1. The summed E-state index contributed by atoms with van der Waals surface area (Å²) in [5, 5.41) is 8.24. The standard InChI is InChI=1S/C24H31ClN4O2S/c1-18-3-5-20(6-4-18)15-29-23(25)21(19(2)27-29)7-8-22(30)26-16-24(9-14-32-17-24)28-10-12-31-13-11-28/h3-8H,9-17H2,1-2H3,(H,26,30). The molecular weight excluding hydrogens is 444 g/mol. The predicted molar refractivity (Wildman–Crippen MR) is 131 cm³/mol. The van der Waals surface area contributed by atoms with Crippen LogP contribution in [0, 0.1) is 13.8 Å². The van der Waals surface area contributed by atoms with Gasteiger partial charge in [0.1, 0.15) is 5.15 Å². The van der Waals surface area contributed by atoms with Gasteiger partial charge in [-0.3, -0.25) is 9.69 Å². The molecule has 32 heavy (non-hydrogen) atoms. The molecule has 172 valence electrons. The van der Waals surface area contributed by atoms with E-state index in [1.165, 1.54) is 5.56 Å². The summed E-state index contributed by atoms with van der Waals surface area (Å²) in [7, 11) is 0. The van der Waals surface area contributed by atoms with E-state index < -0.39 is 0 Å². The number of nitrogens with zero attached hydrogens (tertiary/aromatic N) is 3. The molecule has 2 fully saturated rings. The normalized spacial score (nSPS) is 22.0. The van der Waals surface area contributed by atoms with Crippen LogP contribution in [0.2, 0.25) is 5.15 Å². The predicted octanol–water partition coefficient (Wildman–Crippen LogP) is 3.54. The number of halogens is 1. The highest BCUT2D eigenvalue weighted by Crippen LogP contribution is 2.33. The summed E-state index contributed by atoms with van der Waals surface area (Å²) < 4.78 is 7.30. The summed E-state index contributed by atoms with van der Waals surface area (Å²) in [6.07, 6.45) is 4.44. The van der Waals surface area contributed by atoms with Crippen molar-refractivity contribution in [3.63, 3.8) is 0 Å². The first-order valence-electron chi connectivity index (χ1n) is 11.1. The van der Waals surface area contributed by atoms with Crippen molar-refractivity contribution in [2.75, 3.05) is 44.4 Å². The highest BCUT2D eigenvalue weighted by atomic mass is 35.5. The Morgan fingerprint density at radius 2 is 2.03 bits per heavy atom. The summed E-state index contributed by atoms with van der Waals surface area (Å²) >= 11 is 8.56. The average molecular weight is 475 g/mol. The molecule has 1 amide bonds. The van der Waals surface area contributed by atoms with Gasteiger partial charge < -0.3 is 10.1 Å². The number of carbonyl (C=O) groups is 1. The second-order valence-corrected chi connectivity index (χ2v) is 10.1.